The van der Waals surface area contributed by atoms with Gasteiger partial charge in [0.25, 0.3) is 0 Å². The molecule has 1 saturated heterocycles. The number of hydrogen-bond donors (Lipinski definition) is 2. The Morgan fingerprint density at radius 2 is 1.67 bits per heavy atom. The van der Waals surface area contributed by atoms with Gasteiger partial charge in [-0.25, -0.2) is 0 Å². The quantitative estimate of drug-likeness (QED) is 0.280. The van der Waals surface area contributed by atoms with Gasteiger partial charge in [0.05, 0.1) is 18.8 Å². The van der Waals surface area contributed by atoms with Gasteiger partial charge in [0, 0.05) is 29.6 Å². The van der Waals surface area contributed by atoms with Gasteiger partial charge in [-0.1, -0.05) is 63.3 Å². The summed E-state index contributed by atoms with van der Waals surface area (Å²) in [4.78, 5) is 0. The molecule has 0 radical (unpaired) electrons. The van der Waals surface area contributed by atoms with Crippen molar-refractivity contribution in [2.24, 2.45) is 22.7 Å². The van der Waals surface area contributed by atoms with Gasteiger partial charge in [0.1, 0.15) is 5.60 Å². The number of hydrogen-bond acceptors (Lipinski definition) is 4. The lowest BCUT2D eigenvalue weighted by atomic mass is 9.49. The molecule has 4 nitrogen and oxygen atoms in total. The molecular weight excluding hydrogens is 555 g/mol. The summed E-state index contributed by atoms with van der Waals surface area (Å²) in [6, 6.07) is 7.41. The number of allylic oxidation sites excluding steroid dienone is 1. The SMILES string of the molecule is C=Cc1cccc([C@H]2CC3(C)C(CC[C@@]3(O)C(F)(F)C(F)(F)F)C3CCC4(O)CC5(CCC4=C32)OCC(C)(C)CO5)c1. The van der Waals surface area contributed by atoms with Crippen LogP contribution in [-0.2, 0) is 9.47 Å². The van der Waals surface area contributed by atoms with Crippen LogP contribution in [0.3, 0.4) is 0 Å². The van der Waals surface area contributed by atoms with Crippen molar-refractivity contribution < 1.29 is 41.6 Å². The van der Waals surface area contributed by atoms with Gasteiger partial charge < -0.3 is 19.7 Å². The van der Waals surface area contributed by atoms with E-state index in [1.165, 1.54) is 6.92 Å². The minimum absolute atomic E-state index is 0.0587. The molecule has 1 heterocycles. The molecule has 5 aliphatic rings. The van der Waals surface area contributed by atoms with Crippen LogP contribution in [0.2, 0.25) is 0 Å². The minimum atomic E-state index is -5.88. The Morgan fingerprint density at radius 3 is 2.31 bits per heavy atom. The van der Waals surface area contributed by atoms with Crippen LogP contribution in [0.15, 0.2) is 42.0 Å². The molecular formula is C33H41F5O4. The van der Waals surface area contributed by atoms with E-state index in [2.05, 4.69) is 20.4 Å². The Morgan fingerprint density at radius 1 is 0.976 bits per heavy atom. The molecule has 1 aromatic rings. The van der Waals surface area contributed by atoms with Crippen molar-refractivity contribution in [3.63, 3.8) is 0 Å². The van der Waals surface area contributed by atoms with Crippen LogP contribution in [0.1, 0.15) is 89.2 Å². The third-order valence-corrected chi connectivity index (χ3v) is 11.4. The summed E-state index contributed by atoms with van der Waals surface area (Å²) < 4.78 is 84.4. The van der Waals surface area contributed by atoms with E-state index in [-0.39, 0.29) is 30.6 Å². The summed E-state index contributed by atoms with van der Waals surface area (Å²) in [7, 11) is 0. The average molecular weight is 597 g/mol. The van der Waals surface area contributed by atoms with Crippen molar-refractivity contribution in [1.29, 1.82) is 0 Å². The summed E-state index contributed by atoms with van der Waals surface area (Å²) in [6.45, 7) is 10.4. The fraction of sp³-hybridized carbons (Fsp3) is 0.697. The molecule has 1 spiro atoms. The molecule has 1 aromatic carbocycles. The Hall–Kier alpha value is -1.81. The maximum Gasteiger partial charge on any atom is 0.456 e. The van der Waals surface area contributed by atoms with E-state index >= 15 is 8.78 Å². The molecule has 6 atom stereocenters. The highest BCUT2D eigenvalue weighted by atomic mass is 19.4. The van der Waals surface area contributed by atoms with Gasteiger partial charge in [-0.05, 0) is 67.1 Å². The largest absolute Gasteiger partial charge is 0.456 e. The number of alkyl halides is 5. The fourth-order valence-electron chi connectivity index (χ4n) is 9.21. The van der Waals surface area contributed by atoms with E-state index in [0.717, 1.165) is 22.3 Å². The smallest absolute Gasteiger partial charge is 0.385 e. The summed E-state index contributed by atoms with van der Waals surface area (Å²) in [5, 5.41) is 23.7. The molecule has 4 aliphatic carbocycles. The number of aliphatic hydroxyl groups is 2. The molecule has 232 valence electrons. The second kappa shape index (κ2) is 9.35. The van der Waals surface area contributed by atoms with Crippen molar-refractivity contribution in [3.05, 3.63) is 53.1 Å². The van der Waals surface area contributed by atoms with E-state index in [1.807, 2.05) is 24.3 Å². The Balaban J connectivity index is 1.47. The first-order valence-electron chi connectivity index (χ1n) is 15.0. The van der Waals surface area contributed by atoms with Crippen LogP contribution in [0.4, 0.5) is 22.0 Å². The van der Waals surface area contributed by atoms with Gasteiger partial charge in [0.15, 0.2) is 5.79 Å². The van der Waals surface area contributed by atoms with Gasteiger partial charge in [-0.15, -0.1) is 0 Å². The van der Waals surface area contributed by atoms with E-state index in [9.17, 15) is 23.4 Å². The third kappa shape index (κ3) is 4.20. The second-order valence-electron chi connectivity index (χ2n) is 14.6. The van der Waals surface area contributed by atoms with Gasteiger partial charge in [-0.2, -0.15) is 22.0 Å². The van der Waals surface area contributed by atoms with Gasteiger partial charge in [0.2, 0.25) is 0 Å². The van der Waals surface area contributed by atoms with E-state index in [1.54, 1.807) is 6.08 Å². The molecule has 9 heteroatoms. The number of halogens is 5. The van der Waals surface area contributed by atoms with Crippen molar-refractivity contribution in [1.82, 2.24) is 0 Å². The molecule has 6 rings (SSSR count). The van der Waals surface area contributed by atoms with E-state index < -0.39 is 52.8 Å². The first kappa shape index (κ1) is 30.2. The monoisotopic (exact) mass is 596 g/mol. The second-order valence-corrected chi connectivity index (χ2v) is 14.6. The third-order valence-electron chi connectivity index (χ3n) is 11.4. The summed E-state index contributed by atoms with van der Waals surface area (Å²) in [5.41, 5.74) is -2.98. The number of fused-ring (bicyclic) bond motifs is 4. The summed E-state index contributed by atoms with van der Waals surface area (Å²) in [5.74, 6) is -7.65. The highest BCUT2D eigenvalue weighted by Crippen LogP contribution is 2.71. The summed E-state index contributed by atoms with van der Waals surface area (Å²) in [6.07, 6.45) is -2.88. The molecule has 4 fully saturated rings. The van der Waals surface area contributed by atoms with Crippen molar-refractivity contribution >= 4 is 6.08 Å². The van der Waals surface area contributed by atoms with Crippen molar-refractivity contribution in [2.45, 2.75) is 107 Å². The van der Waals surface area contributed by atoms with Crippen LogP contribution in [0, 0.1) is 22.7 Å². The highest BCUT2D eigenvalue weighted by Gasteiger charge is 2.79. The van der Waals surface area contributed by atoms with E-state index in [4.69, 9.17) is 9.47 Å². The Bertz CT molecular complexity index is 1290. The molecule has 0 aromatic heterocycles. The van der Waals surface area contributed by atoms with Crippen LogP contribution >= 0.6 is 0 Å². The maximum absolute atomic E-state index is 15.2. The lowest BCUT2D eigenvalue weighted by molar-refractivity contribution is -0.362. The fourth-order valence-corrected chi connectivity index (χ4v) is 9.21. The molecule has 4 unspecified atom stereocenters. The van der Waals surface area contributed by atoms with Crippen LogP contribution < -0.4 is 0 Å². The van der Waals surface area contributed by atoms with Crippen molar-refractivity contribution in [2.75, 3.05) is 13.2 Å². The van der Waals surface area contributed by atoms with Crippen LogP contribution in [0.25, 0.3) is 6.08 Å². The van der Waals surface area contributed by atoms with Crippen LogP contribution in [-0.4, -0.2) is 52.5 Å². The lowest BCUT2D eigenvalue weighted by Gasteiger charge is -2.59. The highest BCUT2D eigenvalue weighted by molar-refractivity contribution is 5.51. The van der Waals surface area contributed by atoms with Gasteiger partial charge >= 0.3 is 12.1 Å². The van der Waals surface area contributed by atoms with Crippen LogP contribution in [0.5, 0.6) is 0 Å². The average Bonchev–Trinajstić information content (AvgIpc) is 3.20. The summed E-state index contributed by atoms with van der Waals surface area (Å²) >= 11 is 0. The molecule has 0 bridgehead atoms. The molecule has 0 amide bonds. The van der Waals surface area contributed by atoms with Gasteiger partial charge in [-0.3, -0.25) is 0 Å². The molecule has 3 saturated carbocycles. The lowest BCUT2D eigenvalue weighted by Crippen LogP contribution is -2.65. The zero-order valence-corrected chi connectivity index (χ0v) is 24.5. The first-order valence-corrected chi connectivity index (χ1v) is 15.0. The topological polar surface area (TPSA) is 58.9 Å². The predicted molar refractivity (Wildman–Crippen MR) is 148 cm³/mol. The number of rotatable bonds is 3. The standard InChI is InChI=1S/C33H41F5O4/c1-5-20-7-6-8-21(15-20)23-16-28(4)24(11-14-31(28,40)32(34,35)33(36,37)38)22-9-12-29(39)17-30(13-10-25(29)26(22)23)41-18-27(2,3)19-42-30/h5-8,15,22-24,39-40H,1,9-14,16-19H2,2-4H3/t22?,23-,24?,28?,29?,31+/m1/s1. The zero-order valence-electron chi connectivity index (χ0n) is 24.5. The molecule has 1 aliphatic heterocycles. The minimum Gasteiger partial charge on any atom is -0.385 e. The predicted octanol–water partition coefficient (Wildman–Crippen LogP) is 7.55. The normalized spacial score (nSPS) is 39.4. The number of ether oxygens (including phenoxy) is 2. The van der Waals surface area contributed by atoms with E-state index in [0.29, 0.717) is 38.9 Å². The Kier molecular flexibility index (Phi) is 6.73. The molecule has 2 N–H and O–H groups in total. The number of benzene rings is 1. The van der Waals surface area contributed by atoms with Crippen molar-refractivity contribution in [3.8, 4) is 0 Å². The maximum atomic E-state index is 15.2. The Labute approximate surface area is 244 Å². The first-order chi connectivity index (χ1) is 19.4. The zero-order chi connectivity index (χ0) is 30.6. The molecule has 42 heavy (non-hydrogen) atoms.